The molecule has 0 aromatic heterocycles. The van der Waals surface area contributed by atoms with Gasteiger partial charge in [0, 0.05) is 12.0 Å². The van der Waals surface area contributed by atoms with Crippen LogP contribution in [0.1, 0.15) is 39.9 Å². The van der Waals surface area contributed by atoms with Gasteiger partial charge in [-0.1, -0.05) is 121 Å². The summed E-state index contributed by atoms with van der Waals surface area (Å²) >= 11 is 0. The molecule has 4 aromatic rings. The van der Waals surface area contributed by atoms with Crippen LogP contribution in [0.4, 0.5) is 0 Å². The lowest BCUT2D eigenvalue weighted by Gasteiger charge is -2.22. The minimum Gasteiger partial charge on any atom is -0.294 e. The van der Waals surface area contributed by atoms with Gasteiger partial charge in [0.05, 0.1) is 18.8 Å². The number of benzene rings is 4. The van der Waals surface area contributed by atoms with Crippen LogP contribution < -0.4 is 0 Å². The molecule has 4 rings (SSSR count). The Bertz CT molecular complexity index is 1120. The fourth-order valence-corrected chi connectivity index (χ4v) is 3.77. The molecule has 0 atom stereocenters. The lowest BCUT2D eigenvalue weighted by molar-refractivity contribution is 0.0984. The van der Waals surface area contributed by atoms with E-state index < -0.39 is 0 Å². The van der Waals surface area contributed by atoms with Crippen LogP contribution in [0.15, 0.2) is 126 Å². The zero-order valence-electron chi connectivity index (χ0n) is 18.7. The molecule has 0 heterocycles. The summed E-state index contributed by atoms with van der Waals surface area (Å²) in [4.78, 5) is 12.8. The largest absolute Gasteiger partial charge is 0.294 e. The second kappa shape index (κ2) is 11.6. The van der Waals surface area contributed by atoms with Gasteiger partial charge in [0.1, 0.15) is 0 Å². The van der Waals surface area contributed by atoms with Gasteiger partial charge in [-0.25, -0.2) is 0 Å². The maximum absolute atomic E-state index is 12.8. The van der Waals surface area contributed by atoms with Crippen molar-refractivity contribution in [3.63, 3.8) is 0 Å². The highest BCUT2D eigenvalue weighted by atomic mass is 16.1. The lowest BCUT2D eigenvalue weighted by atomic mass is 10.0. The van der Waals surface area contributed by atoms with E-state index in [9.17, 15) is 4.79 Å². The highest BCUT2D eigenvalue weighted by Gasteiger charge is 2.13. The minimum atomic E-state index is 0.136. The summed E-state index contributed by atoms with van der Waals surface area (Å²) in [6.07, 6.45) is 1.00. The van der Waals surface area contributed by atoms with Crippen LogP contribution in [-0.4, -0.2) is 16.5 Å². The fourth-order valence-electron chi connectivity index (χ4n) is 3.77. The molecular weight excluding hydrogens is 404 g/mol. The average molecular weight is 433 g/mol. The van der Waals surface area contributed by atoms with E-state index in [-0.39, 0.29) is 5.78 Å². The van der Waals surface area contributed by atoms with E-state index in [0.29, 0.717) is 25.9 Å². The number of rotatable bonds is 10. The van der Waals surface area contributed by atoms with E-state index in [4.69, 9.17) is 5.10 Å². The molecule has 3 nitrogen and oxygen atoms in total. The second-order valence-electron chi connectivity index (χ2n) is 8.00. The molecule has 0 unspecified atom stereocenters. The van der Waals surface area contributed by atoms with E-state index in [1.807, 2.05) is 60.7 Å². The van der Waals surface area contributed by atoms with Crippen molar-refractivity contribution in [1.82, 2.24) is 5.01 Å². The Labute approximate surface area is 196 Å². The third-order valence-corrected chi connectivity index (χ3v) is 5.47. The number of hydrazone groups is 1. The summed E-state index contributed by atoms with van der Waals surface area (Å²) in [6, 6.07) is 40.4. The number of Topliss-reactive ketones (excluding diaryl/α,β-unsaturated/α-hetero) is 1. The van der Waals surface area contributed by atoms with Gasteiger partial charge in [0.2, 0.25) is 0 Å². The monoisotopic (exact) mass is 432 g/mol. The van der Waals surface area contributed by atoms with Crippen molar-refractivity contribution in [3.05, 3.63) is 144 Å². The Hall–Kier alpha value is -3.98. The maximum atomic E-state index is 12.8. The van der Waals surface area contributed by atoms with Crippen LogP contribution in [0.2, 0.25) is 0 Å². The molecule has 33 heavy (non-hydrogen) atoms. The van der Waals surface area contributed by atoms with E-state index in [1.54, 1.807) is 0 Å². The molecule has 0 fully saturated rings. The molecule has 0 spiro atoms. The number of carbonyl (C=O) groups is 1. The zero-order valence-corrected chi connectivity index (χ0v) is 18.7. The van der Waals surface area contributed by atoms with Gasteiger partial charge in [-0.15, -0.1) is 0 Å². The first-order chi connectivity index (χ1) is 16.3. The van der Waals surface area contributed by atoms with Crippen molar-refractivity contribution in [2.45, 2.75) is 25.9 Å². The highest BCUT2D eigenvalue weighted by Crippen LogP contribution is 2.16. The highest BCUT2D eigenvalue weighted by molar-refractivity contribution is 6.04. The molecule has 164 valence electrons. The fraction of sp³-hybridized carbons (Fsp3) is 0.133. The molecule has 0 aliphatic heterocycles. The number of carbonyl (C=O) groups excluding carboxylic acids is 1. The Kier molecular flexibility index (Phi) is 7.80. The van der Waals surface area contributed by atoms with Crippen LogP contribution in [0.3, 0.4) is 0 Å². The molecule has 4 aromatic carbocycles. The predicted molar refractivity (Wildman–Crippen MR) is 135 cm³/mol. The van der Waals surface area contributed by atoms with Crippen LogP contribution in [-0.2, 0) is 13.1 Å². The summed E-state index contributed by atoms with van der Waals surface area (Å²) in [7, 11) is 0. The van der Waals surface area contributed by atoms with Crippen molar-refractivity contribution < 1.29 is 4.79 Å². The lowest BCUT2D eigenvalue weighted by Crippen LogP contribution is -2.20. The van der Waals surface area contributed by atoms with Gasteiger partial charge in [-0.3, -0.25) is 9.80 Å². The zero-order chi connectivity index (χ0) is 22.7. The first-order valence-corrected chi connectivity index (χ1v) is 11.3. The first-order valence-electron chi connectivity index (χ1n) is 11.3. The number of hydrogen-bond acceptors (Lipinski definition) is 3. The number of hydrogen-bond donors (Lipinski definition) is 0. The quantitative estimate of drug-likeness (QED) is 0.158. The minimum absolute atomic E-state index is 0.136. The number of nitrogens with zero attached hydrogens (tertiary/aromatic N) is 2. The second-order valence-corrected chi connectivity index (χ2v) is 8.00. The molecule has 0 saturated heterocycles. The summed E-state index contributed by atoms with van der Waals surface area (Å²) < 4.78 is 0. The summed E-state index contributed by atoms with van der Waals surface area (Å²) in [5.74, 6) is 0.136. The van der Waals surface area contributed by atoms with Crippen molar-refractivity contribution in [3.8, 4) is 0 Å². The van der Waals surface area contributed by atoms with Crippen LogP contribution in [0.5, 0.6) is 0 Å². The Morgan fingerprint density at radius 2 is 0.970 bits per heavy atom. The molecule has 0 radical (unpaired) electrons. The average Bonchev–Trinajstić information content (AvgIpc) is 2.88. The van der Waals surface area contributed by atoms with E-state index in [1.165, 1.54) is 11.1 Å². The predicted octanol–water partition coefficient (Wildman–Crippen LogP) is 6.76. The Morgan fingerprint density at radius 3 is 1.45 bits per heavy atom. The van der Waals surface area contributed by atoms with Gasteiger partial charge in [0.25, 0.3) is 0 Å². The molecule has 0 amide bonds. The van der Waals surface area contributed by atoms with E-state index in [2.05, 4.69) is 65.7 Å². The SMILES string of the molecule is O=C(CCC(=NN(Cc1ccccc1)Cc1ccccc1)c1ccccc1)c1ccccc1. The van der Waals surface area contributed by atoms with Crippen molar-refractivity contribution in [2.75, 3.05) is 0 Å². The normalized spacial score (nSPS) is 11.2. The molecule has 0 bridgehead atoms. The van der Waals surface area contributed by atoms with Crippen LogP contribution in [0, 0.1) is 0 Å². The Morgan fingerprint density at radius 1 is 0.545 bits per heavy atom. The van der Waals surface area contributed by atoms with Gasteiger partial charge in [-0.2, -0.15) is 5.10 Å². The van der Waals surface area contributed by atoms with Gasteiger partial charge < -0.3 is 0 Å². The van der Waals surface area contributed by atoms with Gasteiger partial charge in [0.15, 0.2) is 5.78 Å². The van der Waals surface area contributed by atoms with E-state index >= 15 is 0 Å². The summed E-state index contributed by atoms with van der Waals surface area (Å²) in [6.45, 7) is 1.39. The van der Waals surface area contributed by atoms with Gasteiger partial charge >= 0.3 is 0 Å². The molecular formula is C30H28N2O. The number of ketones is 1. The maximum Gasteiger partial charge on any atom is 0.163 e. The summed E-state index contributed by atoms with van der Waals surface area (Å²) in [5.41, 5.74) is 5.11. The standard InChI is InChI=1S/C30H28N2O/c33-30(28-19-11-4-12-20-28)22-21-29(27-17-9-3-10-18-27)31-32(23-25-13-5-1-6-14-25)24-26-15-7-2-8-16-26/h1-20H,21-24H2. The van der Waals surface area contributed by atoms with Crippen molar-refractivity contribution in [1.29, 1.82) is 0 Å². The molecule has 0 aliphatic rings. The third-order valence-electron chi connectivity index (χ3n) is 5.47. The van der Waals surface area contributed by atoms with Crippen LogP contribution >= 0.6 is 0 Å². The smallest absolute Gasteiger partial charge is 0.163 e. The van der Waals surface area contributed by atoms with E-state index in [0.717, 1.165) is 16.8 Å². The topological polar surface area (TPSA) is 32.7 Å². The molecule has 0 aliphatic carbocycles. The Balaban J connectivity index is 1.61. The van der Waals surface area contributed by atoms with Crippen molar-refractivity contribution in [2.24, 2.45) is 5.10 Å². The van der Waals surface area contributed by atoms with Crippen LogP contribution in [0.25, 0.3) is 0 Å². The molecule has 0 saturated carbocycles. The third kappa shape index (κ3) is 6.75. The van der Waals surface area contributed by atoms with Crippen molar-refractivity contribution >= 4 is 11.5 Å². The first kappa shape index (κ1) is 22.2. The van der Waals surface area contributed by atoms with Gasteiger partial charge in [-0.05, 0) is 23.1 Å². The summed E-state index contributed by atoms with van der Waals surface area (Å²) in [5, 5.41) is 7.20. The molecule has 0 N–H and O–H groups in total. The molecule has 3 heteroatoms.